The summed E-state index contributed by atoms with van der Waals surface area (Å²) < 4.78 is 5.34. The molecule has 2 fully saturated rings. The van der Waals surface area contributed by atoms with Gasteiger partial charge in [-0.15, -0.1) is 0 Å². The molecule has 0 aliphatic carbocycles. The molecular weight excluding hydrogens is 314 g/mol. The van der Waals surface area contributed by atoms with Crippen LogP contribution in [0.15, 0.2) is 0 Å². The van der Waals surface area contributed by atoms with Gasteiger partial charge in [-0.05, 0) is 19.1 Å². The molecule has 0 aromatic heterocycles. The number of rotatable bonds is 8. The SMILES string of the molecule is CSCCNC(=O)[C@@H]1CCC(=O)N(CCCN2CCOCC2)C1. The van der Waals surface area contributed by atoms with Crippen LogP contribution in [0.2, 0.25) is 0 Å². The summed E-state index contributed by atoms with van der Waals surface area (Å²) in [5, 5.41) is 2.98. The van der Waals surface area contributed by atoms with Crippen LogP contribution in [0.1, 0.15) is 19.3 Å². The molecule has 2 rings (SSSR count). The van der Waals surface area contributed by atoms with Gasteiger partial charge in [-0.2, -0.15) is 11.8 Å². The number of nitrogens with zero attached hydrogens (tertiary/aromatic N) is 2. The summed E-state index contributed by atoms with van der Waals surface area (Å²) >= 11 is 1.72. The zero-order valence-electron chi connectivity index (χ0n) is 14.1. The Bertz CT molecular complexity index is 389. The minimum absolute atomic E-state index is 0.0436. The Labute approximate surface area is 143 Å². The van der Waals surface area contributed by atoms with Crippen LogP contribution < -0.4 is 5.32 Å². The van der Waals surface area contributed by atoms with Crippen molar-refractivity contribution in [3.63, 3.8) is 0 Å². The standard InChI is InChI=1S/C16H29N3O3S/c1-23-12-5-17-16(21)14-3-4-15(20)19(13-14)7-2-6-18-8-10-22-11-9-18/h14H,2-13H2,1H3,(H,17,21)/t14-/m1/s1. The molecule has 2 aliphatic heterocycles. The monoisotopic (exact) mass is 343 g/mol. The lowest BCUT2D eigenvalue weighted by Crippen LogP contribution is -2.47. The van der Waals surface area contributed by atoms with Gasteiger partial charge in [0.25, 0.3) is 0 Å². The molecule has 2 saturated heterocycles. The number of piperidine rings is 1. The van der Waals surface area contributed by atoms with Gasteiger partial charge in [0.05, 0.1) is 19.1 Å². The highest BCUT2D eigenvalue weighted by Gasteiger charge is 2.29. The average molecular weight is 343 g/mol. The Morgan fingerprint density at radius 2 is 2.13 bits per heavy atom. The number of nitrogens with one attached hydrogen (secondary N) is 1. The maximum absolute atomic E-state index is 12.2. The van der Waals surface area contributed by atoms with Gasteiger partial charge in [0.2, 0.25) is 11.8 Å². The van der Waals surface area contributed by atoms with E-state index < -0.39 is 0 Å². The van der Waals surface area contributed by atoms with E-state index >= 15 is 0 Å². The van der Waals surface area contributed by atoms with E-state index in [4.69, 9.17) is 4.74 Å². The molecule has 0 bridgehead atoms. The summed E-state index contributed by atoms with van der Waals surface area (Å²) in [7, 11) is 0. The number of carbonyl (C=O) groups is 2. The van der Waals surface area contributed by atoms with Crippen molar-refractivity contribution in [3.05, 3.63) is 0 Å². The summed E-state index contributed by atoms with van der Waals surface area (Å²) in [6.07, 6.45) is 4.18. The highest BCUT2D eigenvalue weighted by Crippen LogP contribution is 2.18. The third kappa shape index (κ3) is 6.31. The van der Waals surface area contributed by atoms with Crippen LogP contribution in [0, 0.1) is 5.92 Å². The fourth-order valence-corrected chi connectivity index (χ4v) is 3.38. The highest BCUT2D eigenvalue weighted by atomic mass is 32.2. The van der Waals surface area contributed by atoms with E-state index in [9.17, 15) is 9.59 Å². The first-order valence-electron chi connectivity index (χ1n) is 8.55. The number of thioether (sulfide) groups is 1. The van der Waals surface area contributed by atoms with Crippen molar-refractivity contribution >= 4 is 23.6 Å². The number of likely N-dealkylation sites (tertiary alicyclic amines) is 1. The Hall–Kier alpha value is -0.790. The van der Waals surface area contributed by atoms with Crippen LogP contribution in [0.4, 0.5) is 0 Å². The van der Waals surface area contributed by atoms with Gasteiger partial charge in [-0.1, -0.05) is 0 Å². The maximum Gasteiger partial charge on any atom is 0.224 e. The minimum atomic E-state index is -0.0436. The minimum Gasteiger partial charge on any atom is -0.379 e. The second-order valence-corrected chi connectivity index (χ2v) is 7.15. The molecule has 0 spiro atoms. The summed E-state index contributed by atoms with van der Waals surface area (Å²) in [5.74, 6) is 1.18. The van der Waals surface area contributed by atoms with Gasteiger partial charge < -0.3 is 15.0 Å². The predicted octanol–water partition coefficient (Wildman–Crippen LogP) is 0.427. The average Bonchev–Trinajstić information content (AvgIpc) is 2.57. The van der Waals surface area contributed by atoms with Gasteiger partial charge in [0.15, 0.2) is 0 Å². The fourth-order valence-electron chi connectivity index (χ4n) is 3.08. The van der Waals surface area contributed by atoms with Gasteiger partial charge in [0.1, 0.15) is 0 Å². The molecule has 0 radical (unpaired) electrons. The van der Waals surface area contributed by atoms with Crippen molar-refractivity contribution in [1.82, 2.24) is 15.1 Å². The quantitative estimate of drug-likeness (QED) is 0.648. The Kier molecular flexibility index (Phi) is 8.19. The third-order valence-corrected chi connectivity index (χ3v) is 5.09. The molecule has 1 atom stereocenters. The van der Waals surface area contributed by atoms with Gasteiger partial charge in [-0.3, -0.25) is 14.5 Å². The highest BCUT2D eigenvalue weighted by molar-refractivity contribution is 7.98. The van der Waals surface area contributed by atoms with Crippen molar-refractivity contribution in [1.29, 1.82) is 0 Å². The fraction of sp³-hybridized carbons (Fsp3) is 0.875. The summed E-state index contributed by atoms with van der Waals surface area (Å²) in [5.41, 5.74) is 0. The molecule has 0 saturated carbocycles. The number of hydrogen-bond acceptors (Lipinski definition) is 5. The molecule has 132 valence electrons. The number of hydrogen-bond donors (Lipinski definition) is 1. The van der Waals surface area contributed by atoms with E-state index in [1.165, 1.54) is 0 Å². The molecule has 2 aliphatic rings. The number of morpholine rings is 1. The first-order valence-corrected chi connectivity index (χ1v) is 9.94. The van der Waals surface area contributed by atoms with E-state index in [1.807, 2.05) is 11.2 Å². The van der Waals surface area contributed by atoms with Gasteiger partial charge in [-0.25, -0.2) is 0 Å². The Morgan fingerprint density at radius 1 is 1.35 bits per heavy atom. The number of amides is 2. The summed E-state index contributed by atoms with van der Waals surface area (Å²) in [4.78, 5) is 28.5. The molecule has 23 heavy (non-hydrogen) atoms. The topological polar surface area (TPSA) is 61.9 Å². The molecular formula is C16H29N3O3S. The predicted molar refractivity (Wildman–Crippen MR) is 92.6 cm³/mol. The van der Waals surface area contributed by atoms with E-state index in [-0.39, 0.29) is 17.7 Å². The van der Waals surface area contributed by atoms with Gasteiger partial charge in [0, 0.05) is 51.4 Å². The maximum atomic E-state index is 12.2. The molecule has 7 heteroatoms. The number of carbonyl (C=O) groups excluding carboxylic acids is 2. The lowest BCUT2D eigenvalue weighted by molar-refractivity contribution is -0.138. The summed E-state index contributed by atoms with van der Waals surface area (Å²) in [6.45, 7) is 6.61. The van der Waals surface area contributed by atoms with Crippen LogP contribution >= 0.6 is 11.8 Å². The third-order valence-electron chi connectivity index (χ3n) is 4.48. The van der Waals surface area contributed by atoms with Crippen LogP contribution in [-0.4, -0.2) is 86.1 Å². The first kappa shape index (κ1) is 18.5. The van der Waals surface area contributed by atoms with Crippen molar-refractivity contribution in [2.75, 3.05) is 64.5 Å². The van der Waals surface area contributed by atoms with E-state index in [2.05, 4.69) is 10.2 Å². The molecule has 1 N–H and O–H groups in total. The zero-order valence-corrected chi connectivity index (χ0v) is 14.9. The molecule has 0 aromatic rings. The Morgan fingerprint density at radius 3 is 2.87 bits per heavy atom. The smallest absolute Gasteiger partial charge is 0.224 e. The van der Waals surface area contributed by atoms with Crippen LogP contribution in [0.3, 0.4) is 0 Å². The van der Waals surface area contributed by atoms with Crippen molar-refractivity contribution < 1.29 is 14.3 Å². The molecule has 2 heterocycles. The van der Waals surface area contributed by atoms with E-state index in [0.29, 0.717) is 25.9 Å². The van der Waals surface area contributed by atoms with Crippen LogP contribution in [0.5, 0.6) is 0 Å². The second-order valence-electron chi connectivity index (χ2n) is 6.17. The molecule has 6 nitrogen and oxygen atoms in total. The molecule has 0 aromatic carbocycles. The molecule has 2 amide bonds. The lowest BCUT2D eigenvalue weighted by Gasteiger charge is -2.33. The van der Waals surface area contributed by atoms with Crippen LogP contribution in [-0.2, 0) is 14.3 Å². The lowest BCUT2D eigenvalue weighted by atomic mass is 9.96. The normalized spacial score (nSPS) is 23.1. The Balaban J connectivity index is 1.69. The van der Waals surface area contributed by atoms with E-state index in [1.54, 1.807) is 11.8 Å². The van der Waals surface area contributed by atoms with E-state index in [0.717, 1.165) is 51.6 Å². The van der Waals surface area contributed by atoms with Crippen LogP contribution in [0.25, 0.3) is 0 Å². The van der Waals surface area contributed by atoms with Crippen molar-refractivity contribution in [2.45, 2.75) is 19.3 Å². The van der Waals surface area contributed by atoms with Gasteiger partial charge >= 0.3 is 0 Å². The molecule has 0 unspecified atom stereocenters. The second kappa shape index (κ2) is 10.2. The number of ether oxygens (including phenoxy) is 1. The first-order chi connectivity index (χ1) is 11.2. The van der Waals surface area contributed by atoms with Crippen molar-refractivity contribution in [2.24, 2.45) is 5.92 Å². The largest absolute Gasteiger partial charge is 0.379 e. The summed E-state index contributed by atoms with van der Waals surface area (Å²) in [6, 6.07) is 0. The zero-order chi connectivity index (χ0) is 16.5. The van der Waals surface area contributed by atoms with Crippen molar-refractivity contribution in [3.8, 4) is 0 Å².